The number of rotatable bonds is 7. The minimum atomic E-state index is 0.682. The maximum Gasteiger partial charge on any atom is 0.0469 e. The Morgan fingerprint density at radius 1 is 1.12 bits per heavy atom. The molecule has 0 aliphatic carbocycles. The normalized spacial score (nSPS) is 20.2. The lowest BCUT2D eigenvalue weighted by Gasteiger charge is -2.24. The van der Waals surface area contributed by atoms with Crippen molar-refractivity contribution in [2.75, 3.05) is 19.8 Å². The summed E-state index contributed by atoms with van der Waals surface area (Å²) < 4.78 is 5.37. The maximum atomic E-state index is 5.37. The lowest BCUT2D eigenvalue weighted by Crippen LogP contribution is -2.33. The van der Waals surface area contributed by atoms with Gasteiger partial charge in [-0.1, -0.05) is 26.7 Å². The lowest BCUT2D eigenvalue weighted by molar-refractivity contribution is 0.0655. The Kier molecular flexibility index (Phi) is 7.06. The molecule has 1 unspecified atom stereocenters. The van der Waals surface area contributed by atoms with Crippen molar-refractivity contribution in [1.29, 1.82) is 0 Å². The average Bonchev–Trinajstić information content (AvgIpc) is 2.27. The third kappa shape index (κ3) is 6.49. The molecule has 1 saturated heterocycles. The van der Waals surface area contributed by atoms with Crippen molar-refractivity contribution in [3.8, 4) is 0 Å². The summed E-state index contributed by atoms with van der Waals surface area (Å²) in [5, 5.41) is 3.67. The van der Waals surface area contributed by atoms with Crippen molar-refractivity contribution in [3.63, 3.8) is 0 Å². The second-order valence-electron chi connectivity index (χ2n) is 5.69. The van der Waals surface area contributed by atoms with Crippen LogP contribution in [0, 0.1) is 11.8 Å². The van der Waals surface area contributed by atoms with Crippen LogP contribution in [0.15, 0.2) is 0 Å². The molecular formula is C14H29NO. The van der Waals surface area contributed by atoms with E-state index in [0.717, 1.165) is 25.0 Å². The first-order valence-corrected chi connectivity index (χ1v) is 6.99. The molecule has 0 aromatic heterocycles. The van der Waals surface area contributed by atoms with E-state index in [2.05, 4.69) is 26.1 Å². The van der Waals surface area contributed by atoms with E-state index in [-0.39, 0.29) is 0 Å². The van der Waals surface area contributed by atoms with Gasteiger partial charge in [0, 0.05) is 19.3 Å². The molecule has 1 aliphatic heterocycles. The first kappa shape index (κ1) is 14.0. The van der Waals surface area contributed by atoms with Gasteiger partial charge in [-0.3, -0.25) is 0 Å². The summed E-state index contributed by atoms with van der Waals surface area (Å²) in [5.74, 6) is 1.70. The highest BCUT2D eigenvalue weighted by atomic mass is 16.5. The van der Waals surface area contributed by atoms with E-state index in [1.807, 2.05) is 0 Å². The number of ether oxygens (including phenoxy) is 1. The summed E-state index contributed by atoms with van der Waals surface area (Å²) in [6, 6.07) is 0.682. The van der Waals surface area contributed by atoms with Crippen LogP contribution in [0.1, 0.15) is 52.9 Å². The van der Waals surface area contributed by atoms with Crippen LogP contribution in [0.4, 0.5) is 0 Å². The van der Waals surface area contributed by atoms with Crippen LogP contribution in [0.3, 0.4) is 0 Å². The van der Waals surface area contributed by atoms with Gasteiger partial charge < -0.3 is 10.1 Å². The van der Waals surface area contributed by atoms with Crippen molar-refractivity contribution >= 4 is 0 Å². The average molecular weight is 227 g/mol. The summed E-state index contributed by atoms with van der Waals surface area (Å²) in [7, 11) is 0. The van der Waals surface area contributed by atoms with Gasteiger partial charge in [-0.25, -0.2) is 0 Å². The van der Waals surface area contributed by atoms with Gasteiger partial charge in [0.15, 0.2) is 0 Å². The zero-order valence-electron chi connectivity index (χ0n) is 11.3. The highest BCUT2D eigenvalue weighted by Gasteiger charge is 2.14. The molecule has 1 aliphatic rings. The molecule has 16 heavy (non-hydrogen) atoms. The molecule has 0 amide bonds. The van der Waals surface area contributed by atoms with E-state index in [9.17, 15) is 0 Å². The van der Waals surface area contributed by atoms with Crippen molar-refractivity contribution in [3.05, 3.63) is 0 Å². The topological polar surface area (TPSA) is 21.3 Å². The van der Waals surface area contributed by atoms with E-state index in [1.54, 1.807) is 0 Å². The standard InChI is InChI=1S/C14H29NO/c1-12(2)5-4-6-13(3)15-11-14-7-9-16-10-8-14/h12-15H,4-11H2,1-3H3. The maximum absolute atomic E-state index is 5.37. The van der Waals surface area contributed by atoms with Crippen LogP contribution in [-0.4, -0.2) is 25.8 Å². The quantitative estimate of drug-likeness (QED) is 0.721. The summed E-state index contributed by atoms with van der Waals surface area (Å²) >= 11 is 0. The van der Waals surface area contributed by atoms with Gasteiger partial charge in [0.05, 0.1) is 0 Å². The van der Waals surface area contributed by atoms with Gasteiger partial charge >= 0.3 is 0 Å². The van der Waals surface area contributed by atoms with Crippen molar-refractivity contribution in [2.45, 2.75) is 58.9 Å². The van der Waals surface area contributed by atoms with Crippen LogP contribution in [0.5, 0.6) is 0 Å². The van der Waals surface area contributed by atoms with Crippen LogP contribution in [-0.2, 0) is 4.74 Å². The Labute approximate surface area is 101 Å². The predicted octanol–water partition coefficient (Wildman–Crippen LogP) is 3.22. The third-order valence-corrected chi connectivity index (χ3v) is 3.51. The lowest BCUT2D eigenvalue weighted by atomic mass is 9.99. The van der Waals surface area contributed by atoms with Crippen LogP contribution in [0.2, 0.25) is 0 Å². The third-order valence-electron chi connectivity index (χ3n) is 3.51. The molecule has 2 heteroatoms. The van der Waals surface area contributed by atoms with Crippen LogP contribution in [0.25, 0.3) is 0 Å². The molecule has 1 rings (SSSR count). The second kappa shape index (κ2) is 8.08. The van der Waals surface area contributed by atoms with Crippen LogP contribution >= 0.6 is 0 Å². The van der Waals surface area contributed by atoms with Crippen molar-refractivity contribution in [2.24, 2.45) is 11.8 Å². The first-order chi connectivity index (χ1) is 7.68. The zero-order valence-corrected chi connectivity index (χ0v) is 11.3. The van der Waals surface area contributed by atoms with Crippen molar-refractivity contribution < 1.29 is 4.74 Å². The van der Waals surface area contributed by atoms with Crippen molar-refractivity contribution in [1.82, 2.24) is 5.32 Å². The number of hydrogen-bond donors (Lipinski definition) is 1. The highest BCUT2D eigenvalue weighted by Crippen LogP contribution is 2.14. The van der Waals surface area contributed by atoms with Gasteiger partial charge in [-0.05, 0) is 44.6 Å². The number of hydrogen-bond acceptors (Lipinski definition) is 2. The molecule has 2 nitrogen and oxygen atoms in total. The zero-order chi connectivity index (χ0) is 11.8. The molecule has 0 saturated carbocycles. The minimum Gasteiger partial charge on any atom is -0.381 e. The molecule has 0 spiro atoms. The smallest absolute Gasteiger partial charge is 0.0469 e. The summed E-state index contributed by atoms with van der Waals surface area (Å²) in [4.78, 5) is 0. The molecular weight excluding hydrogens is 198 g/mol. The predicted molar refractivity (Wildman–Crippen MR) is 69.7 cm³/mol. The molecule has 0 aromatic rings. The highest BCUT2D eigenvalue weighted by molar-refractivity contribution is 4.69. The SMILES string of the molecule is CC(C)CCCC(C)NCC1CCOCC1. The fourth-order valence-electron chi connectivity index (χ4n) is 2.25. The molecule has 1 N–H and O–H groups in total. The van der Waals surface area contributed by atoms with Crippen LogP contribution < -0.4 is 5.32 Å². The summed E-state index contributed by atoms with van der Waals surface area (Å²) in [6.45, 7) is 10.0. The Bertz CT molecular complexity index is 164. The molecule has 0 aromatic carbocycles. The summed E-state index contributed by atoms with van der Waals surface area (Å²) in [6.07, 6.45) is 6.53. The largest absolute Gasteiger partial charge is 0.381 e. The molecule has 1 fully saturated rings. The van der Waals surface area contributed by atoms with Gasteiger partial charge in [0.2, 0.25) is 0 Å². The molecule has 0 bridgehead atoms. The number of nitrogens with one attached hydrogen (secondary N) is 1. The fourth-order valence-corrected chi connectivity index (χ4v) is 2.25. The summed E-state index contributed by atoms with van der Waals surface area (Å²) in [5.41, 5.74) is 0. The molecule has 96 valence electrons. The van der Waals surface area contributed by atoms with E-state index in [0.29, 0.717) is 6.04 Å². The Morgan fingerprint density at radius 3 is 2.44 bits per heavy atom. The van der Waals surface area contributed by atoms with E-state index >= 15 is 0 Å². The first-order valence-electron chi connectivity index (χ1n) is 6.99. The Morgan fingerprint density at radius 2 is 1.81 bits per heavy atom. The molecule has 1 atom stereocenters. The monoisotopic (exact) mass is 227 g/mol. The minimum absolute atomic E-state index is 0.682. The van der Waals surface area contributed by atoms with E-state index < -0.39 is 0 Å². The molecule has 0 radical (unpaired) electrons. The van der Waals surface area contributed by atoms with Gasteiger partial charge in [-0.2, -0.15) is 0 Å². The Hall–Kier alpha value is -0.0800. The van der Waals surface area contributed by atoms with Gasteiger partial charge in [0.1, 0.15) is 0 Å². The second-order valence-corrected chi connectivity index (χ2v) is 5.69. The Balaban J connectivity index is 1.98. The van der Waals surface area contributed by atoms with E-state index in [4.69, 9.17) is 4.74 Å². The van der Waals surface area contributed by atoms with E-state index in [1.165, 1.54) is 38.6 Å². The van der Waals surface area contributed by atoms with Gasteiger partial charge in [-0.15, -0.1) is 0 Å². The molecule has 1 heterocycles. The fraction of sp³-hybridized carbons (Fsp3) is 1.00. The van der Waals surface area contributed by atoms with Gasteiger partial charge in [0.25, 0.3) is 0 Å².